The minimum Gasteiger partial charge on any atom is -0.335 e. The van der Waals surface area contributed by atoms with Crippen LogP contribution in [0.25, 0.3) is 22.4 Å². The van der Waals surface area contributed by atoms with Gasteiger partial charge in [-0.3, -0.25) is 9.59 Å². The van der Waals surface area contributed by atoms with E-state index in [9.17, 15) is 9.59 Å². The number of anilines is 1. The number of imidazole rings is 1. The fourth-order valence-electron chi connectivity index (χ4n) is 6.83. The van der Waals surface area contributed by atoms with Crippen molar-refractivity contribution >= 4 is 40.9 Å². The van der Waals surface area contributed by atoms with Gasteiger partial charge in [-0.1, -0.05) is 62.8 Å². The molecule has 2 saturated carbocycles. The molecule has 6 nitrogen and oxygen atoms in total. The Morgan fingerprint density at radius 2 is 1.55 bits per heavy atom. The number of hydrogen-bond donors (Lipinski definition) is 0. The first kappa shape index (κ1) is 26.7. The Kier molecular flexibility index (Phi) is 8.37. The van der Waals surface area contributed by atoms with Crippen molar-refractivity contribution in [2.24, 2.45) is 0 Å². The molecule has 2 amide bonds. The van der Waals surface area contributed by atoms with E-state index >= 15 is 0 Å². The topological polar surface area (TPSA) is 58.4 Å². The van der Waals surface area contributed by atoms with Gasteiger partial charge in [0, 0.05) is 36.3 Å². The van der Waals surface area contributed by atoms with Crippen LogP contribution in [0.2, 0.25) is 0 Å². The van der Waals surface area contributed by atoms with Gasteiger partial charge in [0.05, 0.1) is 11.0 Å². The molecule has 0 spiro atoms. The summed E-state index contributed by atoms with van der Waals surface area (Å²) in [6.45, 7) is 1.06. The summed E-state index contributed by atoms with van der Waals surface area (Å²) in [6.07, 6.45) is 13.5. The summed E-state index contributed by atoms with van der Waals surface area (Å²) < 4.78 is 2.11. The van der Waals surface area contributed by atoms with E-state index in [0.717, 1.165) is 66.8 Å². The van der Waals surface area contributed by atoms with Gasteiger partial charge >= 0.3 is 0 Å². The third-order valence-corrected chi connectivity index (χ3v) is 8.66. The van der Waals surface area contributed by atoms with Crippen molar-refractivity contribution < 1.29 is 9.59 Å². The molecule has 0 atom stereocenters. The lowest BCUT2D eigenvalue weighted by atomic mass is 9.88. The van der Waals surface area contributed by atoms with Crippen LogP contribution in [0.3, 0.4) is 0 Å². The highest BCUT2D eigenvalue weighted by Gasteiger charge is 2.33. The lowest BCUT2D eigenvalue weighted by Crippen LogP contribution is -2.50. The average molecular weight is 535 g/mol. The van der Waals surface area contributed by atoms with E-state index in [1.807, 2.05) is 41.3 Å². The zero-order valence-electron chi connectivity index (χ0n) is 22.2. The first-order valence-corrected chi connectivity index (χ1v) is 14.4. The number of para-hydroxylation sites is 2. The lowest BCUT2D eigenvalue weighted by Gasteiger charge is -2.42. The molecule has 0 unspecified atom stereocenters. The molecular formula is C31H39ClN4O2. The van der Waals surface area contributed by atoms with Crippen LogP contribution in [0, 0.1) is 0 Å². The summed E-state index contributed by atoms with van der Waals surface area (Å²) in [6, 6.07) is 17.0. The molecule has 1 aromatic heterocycles. The van der Waals surface area contributed by atoms with Crippen molar-refractivity contribution in [3.8, 4) is 11.4 Å². The van der Waals surface area contributed by atoms with Crippen molar-refractivity contribution in [2.45, 2.75) is 95.7 Å². The van der Waals surface area contributed by atoms with Crippen LogP contribution < -0.4 is 4.90 Å². The van der Waals surface area contributed by atoms with Crippen LogP contribution >= 0.6 is 12.4 Å². The highest BCUT2D eigenvalue weighted by atomic mass is 35.5. The molecule has 202 valence electrons. The zero-order valence-corrected chi connectivity index (χ0v) is 23.0. The lowest BCUT2D eigenvalue weighted by molar-refractivity contribution is -0.138. The number of halogens is 1. The van der Waals surface area contributed by atoms with E-state index < -0.39 is 0 Å². The summed E-state index contributed by atoms with van der Waals surface area (Å²) >= 11 is 0. The highest BCUT2D eigenvalue weighted by molar-refractivity contribution is 5.96. The number of aromatic nitrogens is 2. The van der Waals surface area contributed by atoms with E-state index in [1.165, 1.54) is 38.5 Å². The van der Waals surface area contributed by atoms with Crippen molar-refractivity contribution in [2.75, 3.05) is 11.4 Å². The number of benzene rings is 2. The third kappa shape index (κ3) is 5.33. The summed E-state index contributed by atoms with van der Waals surface area (Å²) in [5, 5.41) is 0. The fraction of sp³-hybridized carbons (Fsp3) is 0.516. The quantitative estimate of drug-likeness (QED) is 0.351. The first-order chi connectivity index (χ1) is 18.2. The molecule has 38 heavy (non-hydrogen) atoms. The zero-order chi connectivity index (χ0) is 25.2. The van der Waals surface area contributed by atoms with Crippen LogP contribution in [-0.4, -0.2) is 44.9 Å². The number of amides is 2. The Bertz CT molecular complexity index is 1260. The van der Waals surface area contributed by atoms with Gasteiger partial charge in [-0.25, -0.2) is 4.98 Å². The largest absolute Gasteiger partial charge is 0.335 e. The predicted octanol–water partition coefficient (Wildman–Crippen LogP) is 6.75. The monoisotopic (exact) mass is 534 g/mol. The number of hydrogen-bond acceptors (Lipinski definition) is 3. The SMILES string of the molecule is Cl.O=C1CCCN1c1cccc(-c2nc3ccccc3n2CC(=O)N(C2CCCCC2)C2CCCCC2)c1. The van der Waals surface area contributed by atoms with E-state index in [-0.39, 0.29) is 24.2 Å². The predicted molar refractivity (Wildman–Crippen MR) is 155 cm³/mol. The first-order valence-electron chi connectivity index (χ1n) is 14.4. The maximum absolute atomic E-state index is 14.2. The van der Waals surface area contributed by atoms with Gasteiger partial charge in [-0.2, -0.15) is 0 Å². The Morgan fingerprint density at radius 3 is 2.21 bits per heavy atom. The van der Waals surface area contributed by atoms with Gasteiger partial charge in [-0.05, 0) is 56.4 Å². The molecule has 1 saturated heterocycles. The molecule has 2 aliphatic carbocycles. The second kappa shape index (κ2) is 11.9. The smallest absolute Gasteiger partial charge is 0.243 e. The molecular weight excluding hydrogens is 496 g/mol. The number of carbonyl (C=O) groups excluding carboxylic acids is 2. The second-order valence-corrected chi connectivity index (χ2v) is 11.1. The Labute approximate surface area is 231 Å². The molecule has 6 rings (SSSR count). The van der Waals surface area contributed by atoms with E-state index in [4.69, 9.17) is 4.98 Å². The maximum atomic E-state index is 14.2. The minimum absolute atomic E-state index is 0. The molecule has 1 aliphatic heterocycles. The van der Waals surface area contributed by atoms with Crippen LogP contribution in [0.4, 0.5) is 5.69 Å². The molecule has 2 aromatic carbocycles. The van der Waals surface area contributed by atoms with Crippen molar-refractivity contribution in [3.05, 3.63) is 48.5 Å². The van der Waals surface area contributed by atoms with Gasteiger partial charge < -0.3 is 14.4 Å². The number of fused-ring (bicyclic) bond motifs is 1. The van der Waals surface area contributed by atoms with Crippen LogP contribution in [-0.2, 0) is 16.1 Å². The normalized spacial score (nSPS) is 19.1. The molecule has 0 radical (unpaired) electrons. The third-order valence-electron chi connectivity index (χ3n) is 8.66. The molecule has 0 bridgehead atoms. The molecule has 3 aromatic rings. The van der Waals surface area contributed by atoms with E-state index in [2.05, 4.69) is 21.6 Å². The summed E-state index contributed by atoms with van der Waals surface area (Å²) in [5.74, 6) is 1.21. The Hall–Kier alpha value is -2.86. The van der Waals surface area contributed by atoms with Gasteiger partial charge in [0.1, 0.15) is 12.4 Å². The number of rotatable bonds is 6. The van der Waals surface area contributed by atoms with E-state index in [0.29, 0.717) is 25.0 Å². The van der Waals surface area contributed by atoms with Crippen molar-refractivity contribution in [1.29, 1.82) is 0 Å². The van der Waals surface area contributed by atoms with Crippen molar-refractivity contribution in [1.82, 2.24) is 14.5 Å². The maximum Gasteiger partial charge on any atom is 0.243 e. The standard InChI is InChI=1S/C31H38N4O2.ClH/c36-29-19-10-20-33(29)26-16-9-11-23(21-26)31-32-27-17-7-8-18-28(27)34(31)22-30(37)35(24-12-3-1-4-13-24)25-14-5-2-6-15-25;/h7-9,11,16-18,21,24-25H,1-6,10,12-15,19-20,22H2;1H. The fourth-order valence-corrected chi connectivity index (χ4v) is 6.83. The molecule has 2 heterocycles. The summed E-state index contributed by atoms with van der Waals surface area (Å²) in [7, 11) is 0. The Morgan fingerprint density at radius 1 is 0.868 bits per heavy atom. The van der Waals surface area contributed by atoms with E-state index in [1.54, 1.807) is 0 Å². The van der Waals surface area contributed by atoms with Gasteiger partial charge in [-0.15, -0.1) is 12.4 Å². The van der Waals surface area contributed by atoms with Gasteiger partial charge in [0.25, 0.3) is 0 Å². The average Bonchev–Trinajstić information content (AvgIpc) is 3.54. The number of nitrogens with zero attached hydrogens (tertiary/aromatic N) is 4. The minimum atomic E-state index is 0. The summed E-state index contributed by atoms with van der Waals surface area (Å²) in [5.41, 5.74) is 3.75. The molecule has 3 aliphatic rings. The molecule has 3 fully saturated rings. The number of carbonyl (C=O) groups is 2. The summed E-state index contributed by atoms with van der Waals surface area (Å²) in [4.78, 5) is 35.8. The van der Waals surface area contributed by atoms with Crippen LogP contribution in [0.1, 0.15) is 77.0 Å². The second-order valence-electron chi connectivity index (χ2n) is 11.1. The van der Waals surface area contributed by atoms with Crippen LogP contribution in [0.15, 0.2) is 48.5 Å². The Balaban J connectivity index is 0.00000294. The van der Waals surface area contributed by atoms with Gasteiger partial charge in [0.15, 0.2) is 0 Å². The molecule has 7 heteroatoms. The van der Waals surface area contributed by atoms with Crippen molar-refractivity contribution in [3.63, 3.8) is 0 Å². The highest BCUT2D eigenvalue weighted by Crippen LogP contribution is 2.33. The van der Waals surface area contributed by atoms with Gasteiger partial charge in [0.2, 0.25) is 11.8 Å². The van der Waals surface area contributed by atoms with Crippen LogP contribution in [0.5, 0.6) is 0 Å². The molecule has 0 N–H and O–H groups in total.